The molecule has 2 heterocycles. The van der Waals surface area contributed by atoms with Gasteiger partial charge in [-0.25, -0.2) is 0 Å². The topological polar surface area (TPSA) is 49.4 Å². The number of piperidine rings is 1. The van der Waals surface area contributed by atoms with Crippen LogP contribution < -0.4 is 5.32 Å². The lowest BCUT2D eigenvalue weighted by Crippen LogP contribution is -2.50. The maximum absolute atomic E-state index is 12.8. The number of hydrogen-bond acceptors (Lipinski definition) is 3. The van der Waals surface area contributed by atoms with Crippen molar-refractivity contribution >= 4 is 11.8 Å². The summed E-state index contributed by atoms with van der Waals surface area (Å²) in [6.45, 7) is 0.902. The normalized spacial score (nSPS) is 23.9. The van der Waals surface area contributed by atoms with E-state index >= 15 is 0 Å². The number of nitrogens with one attached hydrogen (secondary N) is 1. The first-order valence-electron chi connectivity index (χ1n) is 8.02. The molecule has 0 bridgehead atoms. The summed E-state index contributed by atoms with van der Waals surface area (Å²) < 4.78 is 0. The number of benzene rings is 2. The number of imide groups is 1. The van der Waals surface area contributed by atoms with Crippen molar-refractivity contribution in [2.24, 2.45) is 0 Å². The van der Waals surface area contributed by atoms with E-state index in [-0.39, 0.29) is 23.9 Å². The van der Waals surface area contributed by atoms with E-state index in [2.05, 4.69) is 5.32 Å². The molecule has 4 rings (SSSR count). The molecule has 0 spiro atoms. The highest BCUT2D eigenvalue weighted by atomic mass is 16.2. The number of rotatable bonds is 2. The monoisotopic (exact) mass is 306 g/mol. The van der Waals surface area contributed by atoms with E-state index in [1.165, 1.54) is 4.90 Å². The standard InChI is InChI=1S/C19H18N2O2/c22-18-14-9-4-5-10-15(14)19(23)21(18)16-11-6-12-20-17(16)13-7-2-1-3-8-13/h1-5,7-10,16-17,20H,6,11-12H2/t16-,17-/m0/s1. The third-order valence-corrected chi connectivity index (χ3v) is 4.74. The van der Waals surface area contributed by atoms with Crippen molar-refractivity contribution in [3.05, 3.63) is 71.3 Å². The van der Waals surface area contributed by atoms with Gasteiger partial charge >= 0.3 is 0 Å². The lowest BCUT2D eigenvalue weighted by Gasteiger charge is -2.37. The summed E-state index contributed by atoms with van der Waals surface area (Å²) >= 11 is 0. The van der Waals surface area contributed by atoms with Gasteiger partial charge in [-0.1, -0.05) is 42.5 Å². The zero-order valence-electron chi connectivity index (χ0n) is 12.7. The van der Waals surface area contributed by atoms with Crippen LogP contribution >= 0.6 is 0 Å². The Bertz CT molecular complexity index is 722. The van der Waals surface area contributed by atoms with Gasteiger partial charge in [0.25, 0.3) is 11.8 Å². The highest BCUT2D eigenvalue weighted by molar-refractivity contribution is 6.21. The summed E-state index contributed by atoms with van der Waals surface area (Å²) in [5, 5.41) is 3.48. The van der Waals surface area contributed by atoms with E-state index in [9.17, 15) is 9.59 Å². The minimum absolute atomic E-state index is 0.00726. The maximum Gasteiger partial charge on any atom is 0.261 e. The molecular formula is C19H18N2O2. The Hall–Kier alpha value is -2.46. The van der Waals surface area contributed by atoms with E-state index in [0.717, 1.165) is 24.9 Å². The molecule has 116 valence electrons. The van der Waals surface area contributed by atoms with Gasteiger partial charge < -0.3 is 5.32 Å². The number of carbonyl (C=O) groups excluding carboxylic acids is 2. The third-order valence-electron chi connectivity index (χ3n) is 4.74. The van der Waals surface area contributed by atoms with Gasteiger partial charge in [0.05, 0.1) is 23.2 Å². The largest absolute Gasteiger partial charge is 0.308 e. The van der Waals surface area contributed by atoms with Gasteiger partial charge in [-0.05, 0) is 37.1 Å². The van der Waals surface area contributed by atoms with Crippen LogP contribution in [0.1, 0.15) is 45.2 Å². The van der Waals surface area contributed by atoms with Crippen molar-refractivity contribution < 1.29 is 9.59 Å². The summed E-state index contributed by atoms with van der Waals surface area (Å²) in [7, 11) is 0. The van der Waals surface area contributed by atoms with Crippen LogP contribution in [0.4, 0.5) is 0 Å². The highest BCUT2D eigenvalue weighted by Crippen LogP contribution is 2.33. The molecule has 1 fully saturated rings. The Morgan fingerprint density at radius 2 is 1.48 bits per heavy atom. The molecule has 2 aliphatic rings. The molecule has 4 nitrogen and oxygen atoms in total. The summed E-state index contributed by atoms with van der Waals surface area (Å²) in [6.07, 6.45) is 1.79. The Labute approximate surface area is 135 Å². The summed E-state index contributed by atoms with van der Waals surface area (Å²) in [4.78, 5) is 27.0. The van der Waals surface area contributed by atoms with Gasteiger partial charge in [-0.2, -0.15) is 0 Å². The van der Waals surface area contributed by atoms with Crippen LogP contribution in [0.3, 0.4) is 0 Å². The maximum atomic E-state index is 12.8. The molecule has 0 radical (unpaired) electrons. The van der Waals surface area contributed by atoms with Crippen LogP contribution in [0.25, 0.3) is 0 Å². The summed E-state index contributed by atoms with van der Waals surface area (Å²) in [5.74, 6) is -0.333. The summed E-state index contributed by atoms with van der Waals surface area (Å²) in [5.41, 5.74) is 2.17. The molecule has 0 saturated carbocycles. The Morgan fingerprint density at radius 3 is 2.13 bits per heavy atom. The van der Waals surface area contributed by atoms with Gasteiger partial charge in [0.1, 0.15) is 0 Å². The molecule has 1 saturated heterocycles. The van der Waals surface area contributed by atoms with E-state index in [1.54, 1.807) is 24.3 Å². The molecule has 2 aromatic carbocycles. The highest BCUT2D eigenvalue weighted by Gasteiger charge is 2.43. The van der Waals surface area contributed by atoms with E-state index in [0.29, 0.717) is 11.1 Å². The number of nitrogens with zero attached hydrogens (tertiary/aromatic N) is 1. The molecule has 0 unspecified atom stereocenters. The van der Waals surface area contributed by atoms with E-state index in [4.69, 9.17) is 0 Å². The fourth-order valence-corrected chi connectivity index (χ4v) is 3.66. The zero-order valence-corrected chi connectivity index (χ0v) is 12.7. The van der Waals surface area contributed by atoms with Gasteiger partial charge in [0.15, 0.2) is 0 Å². The number of amides is 2. The molecule has 0 aromatic heterocycles. The van der Waals surface area contributed by atoms with Crippen LogP contribution in [0.5, 0.6) is 0 Å². The minimum Gasteiger partial charge on any atom is -0.308 e. The first kappa shape index (κ1) is 14.2. The Balaban J connectivity index is 1.71. The van der Waals surface area contributed by atoms with Crippen molar-refractivity contribution in [1.82, 2.24) is 10.2 Å². The molecule has 4 heteroatoms. The quantitative estimate of drug-likeness (QED) is 0.868. The molecule has 2 aliphatic heterocycles. The Morgan fingerprint density at radius 1 is 0.870 bits per heavy atom. The average Bonchev–Trinajstić information content (AvgIpc) is 2.87. The minimum atomic E-state index is -0.166. The smallest absolute Gasteiger partial charge is 0.261 e. The summed E-state index contributed by atoms with van der Waals surface area (Å²) in [6, 6.07) is 17.0. The Kier molecular flexibility index (Phi) is 3.46. The fraction of sp³-hybridized carbons (Fsp3) is 0.263. The van der Waals surface area contributed by atoms with Crippen LogP contribution in [0.15, 0.2) is 54.6 Å². The van der Waals surface area contributed by atoms with Gasteiger partial charge in [-0.15, -0.1) is 0 Å². The number of fused-ring (bicyclic) bond motifs is 1. The third kappa shape index (κ3) is 2.26. The molecule has 1 N–H and O–H groups in total. The molecule has 2 amide bonds. The fourth-order valence-electron chi connectivity index (χ4n) is 3.66. The lowest BCUT2D eigenvalue weighted by molar-refractivity contribution is 0.0511. The predicted molar refractivity (Wildman–Crippen MR) is 87.1 cm³/mol. The van der Waals surface area contributed by atoms with Gasteiger partial charge in [-0.3, -0.25) is 14.5 Å². The first-order valence-corrected chi connectivity index (χ1v) is 8.02. The van der Waals surface area contributed by atoms with Crippen LogP contribution in [0, 0.1) is 0 Å². The second-order valence-electron chi connectivity index (χ2n) is 6.08. The second kappa shape index (κ2) is 5.63. The van der Waals surface area contributed by atoms with Crippen molar-refractivity contribution in [2.45, 2.75) is 24.9 Å². The van der Waals surface area contributed by atoms with Gasteiger partial charge in [0, 0.05) is 0 Å². The van der Waals surface area contributed by atoms with Crippen LogP contribution in [0.2, 0.25) is 0 Å². The second-order valence-corrected chi connectivity index (χ2v) is 6.08. The average molecular weight is 306 g/mol. The molecule has 0 aliphatic carbocycles. The van der Waals surface area contributed by atoms with E-state index < -0.39 is 0 Å². The molecule has 2 aromatic rings. The van der Waals surface area contributed by atoms with Crippen molar-refractivity contribution in [3.8, 4) is 0 Å². The van der Waals surface area contributed by atoms with Crippen LogP contribution in [-0.4, -0.2) is 29.3 Å². The number of carbonyl (C=O) groups is 2. The van der Waals surface area contributed by atoms with Gasteiger partial charge in [0.2, 0.25) is 0 Å². The SMILES string of the molecule is O=C1c2ccccc2C(=O)N1[C@H]1CCCN[C@H]1c1ccccc1. The molecular weight excluding hydrogens is 288 g/mol. The zero-order chi connectivity index (χ0) is 15.8. The van der Waals surface area contributed by atoms with Crippen LogP contribution in [-0.2, 0) is 0 Å². The molecule has 2 atom stereocenters. The predicted octanol–water partition coefficient (Wildman–Crippen LogP) is 2.78. The number of hydrogen-bond donors (Lipinski definition) is 1. The van der Waals surface area contributed by atoms with Crippen molar-refractivity contribution in [3.63, 3.8) is 0 Å². The first-order chi connectivity index (χ1) is 11.3. The lowest BCUT2D eigenvalue weighted by atomic mass is 9.91. The van der Waals surface area contributed by atoms with Crippen molar-refractivity contribution in [1.29, 1.82) is 0 Å². The molecule has 23 heavy (non-hydrogen) atoms. The van der Waals surface area contributed by atoms with Crippen molar-refractivity contribution in [2.75, 3.05) is 6.54 Å². The van der Waals surface area contributed by atoms with E-state index in [1.807, 2.05) is 30.3 Å².